The molecule has 0 radical (unpaired) electrons. The van der Waals surface area contributed by atoms with Gasteiger partial charge in [-0.05, 0) is 43.1 Å². The number of nitro groups is 1. The molecule has 0 aromatic heterocycles. The summed E-state index contributed by atoms with van der Waals surface area (Å²) < 4.78 is 27.1. The summed E-state index contributed by atoms with van der Waals surface area (Å²) in [5.41, 5.74) is 2.01. The SMILES string of the molecule is O=C(NCc1ccccc1CN1CCCC1)N1CCN(S(=O)(=O)c2cccc([N+](=O)[O-])c2)CC1. The van der Waals surface area contributed by atoms with Crippen molar-refractivity contribution in [2.75, 3.05) is 39.3 Å². The van der Waals surface area contributed by atoms with Gasteiger partial charge in [-0.15, -0.1) is 0 Å². The Kier molecular flexibility index (Phi) is 7.44. The molecular formula is C23H29N5O5S. The van der Waals surface area contributed by atoms with Gasteiger partial charge in [0.15, 0.2) is 0 Å². The maximum absolute atomic E-state index is 12.9. The van der Waals surface area contributed by atoms with Gasteiger partial charge in [-0.25, -0.2) is 13.2 Å². The highest BCUT2D eigenvalue weighted by Gasteiger charge is 2.31. The number of nitrogens with zero attached hydrogens (tertiary/aromatic N) is 4. The van der Waals surface area contributed by atoms with Crippen molar-refractivity contribution in [2.45, 2.75) is 30.8 Å². The average molecular weight is 488 g/mol. The molecule has 2 fully saturated rings. The second-order valence-corrected chi connectivity index (χ2v) is 10.5. The molecule has 0 unspecified atom stereocenters. The van der Waals surface area contributed by atoms with Gasteiger partial charge in [-0.2, -0.15) is 4.31 Å². The van der Waals surface area contributed by atoms with E-state index >= 15 is 0 Å². The van der Waals surface area contributed by atoms with E-state index in [1.165, 1.54) is 40.9 Å². The van der Waals surface area contributed by atoms with Gasteiger partial charge in [0.2, 0.25) is 10.0 Å². The third-order valence-corrected chi connectivity index (χ3v) is 8.23. The van der Waals surface area contributed by atoms with E-state index < -0.39 is 14.9 Å². The van der Waals surface area contributed by atoms with Crippen molar-refractivity contribution in [1.29, 1.82) is 0 Å². The van der Waals surface area contributed by atoms with Crippen LogP contribution in [0.15, 0.2) is 53.4 Å². The highest BCUT2D eigenvalue weighted by molar-refractivity contribution is 7.89. The number of piperazine rings is 1. The van der Waals surface area contributed by atoms with Crippen molar-refractivity contribution >= 4 is 21.7 Å². The van der Waals surface area contributed by atoms with Crippen LogP contribution in [0, 0.1) is 10.1 Å². The minimum Gasteiger partial charge on any atom is -0.334 e. The molecule has 0 spiro atoms. The molecule has 0 saturated carbocycles. The van der Waals surface area contributed by atoms with Crippen LogP contribution < -0.4 is 5.32 Å². The molecule has 2 aliphatic heterocycles. The highest BCUT2D eigenvalue weighted by Crippen LogP contribution is 2.22. The number of hydrogen-bond acceptors (Lipinski definition) is 6. The summed E-state index contributed by atoms with van der Waals surface area (Å²) in [5, 5.41) is 14.0. The fraction of sp³-hybridized carbons (Fsp3) is 0.435. The molecule has 1 N–H and O–H groups in total. The number of carbonyl (C=O) groups is 1. The summed E-state index contributed by atoms with van der Waals surface area (Å²) in [7, 11) is -3.87. The third-order valence-electron chi connectivity index (χ3n) is 6.33. The molecule has 2 amide bonds. The maximum atomic E-state index is 12.9. The number of sulfonamides is 1. The van der Waals surface area contributed by atoms with Crippen molar-refractivity contribution in [3.8, 4) is 0 Å². The molecule has 2 aromatic rings. The summed E-state index contributed by atoms with van der Waals surface area (Å²) in [5.74, 6) is 0. The van der Waals surface area contributed by atoms with Gasteiger partial charge >= 0.3 is 6.03 Å². The standard InChI is InChI=1S/C23H29N5O5S/c29-23(24-17-19-6-1-2-7-20(19)18-25-10-3-4-11-25)26-12-14-27(15-13-26)34(32,33)22-9-5-8-21(16-22)28(30)31/h1-2,5-9,16H,3-4,10-15,17-18H2,(H,24,29). The summed E-state index contributed by atoms with van der Waals surface area (Å²) in [4.78, 5) is 27.0. The summed E-state index contributed by atoms with van der Waals surface area (Å²) in [6.07, 6.45) is 2.45. The smallest absolute Gasteiger partial charge is 0.317 e. The van der Waals surface area contributed by atoms with Gasteiger partial charge < -0.3 is 10.2 Å². The Balaban J connectivity index is 1.32. The van der Waals surface area contributed by atoms with Crippen molar-refractivity contribution in [1.82, 2.24) is 19.4 Å². The van der Waals surface area contributed by atoms with Gasteiger partial charge in [-0.1, -0.05) is 30.3 Å². The topological polar surface area (TPSA) is 116 Å². The normalized spacial score (nSPS) is 17.6. The zero-order valence-electron chi connectivity index (χ0n) is 18.9. The van der Waals surface area contributed by atoms with Crippen molar-refractivity contribution in [3.63, 3.8) is 0 Å². The number of carbonyl (C=O) groups excluding carboxylic acids is 1. The van der Waals surface area contributed by atoms with E-state index in [9.17, 15) is 23.3 Å². The number of urea groups is 1. The van der Waals surface area contributed by atoms with Gasteiger partial charge in [-0.3, -0.25) is 15.0 Å². The Morgan fingerprint density at radius 2 is 1.62 bits per heavy atom. The molecule has 0 aliphatic carbocycles. The molecule has 0 bridgehead atoms. The van der Waals surface area contributed by atoms with Crippen LogP contribution in [0.1, 0.15) is 24.0 Å². The van der Waals surface area contributed by atoms with Crippen molar-refractivity contribution in [2.24, 2.45) is 0 Å². The van der Waals surface area contributed by atoms with Gasteiger partial charge in [0, 0.05) is 51.4 Å². The molecular weight excluding hydrogens is 458 g/mol. The van der Waals surface area contributed by atoms with Crippen molar-refractivity contribution in [3.05, 3.63) is 69.8 Å². The molecule has 2 heterocycles. The minimum absolute atomic E-state index is 0.116. The second-order valence-electron chi connectivity index (χ2n) is 8.56. The lowest BCUT2D eigenvalue weighted by Gasteiger charge is -2.34. The molecule has 182 valence electrons. The second kappa shape index (κ2) is 10.5. The fourth-order valence-electron chi connectivity index (χ4n) is 4.39. The number of hydrogen-bond donors (Lipinski definition) is 1. The lowest BCUT2D eigenvalue weighted by molar-refractivity contribution is -0.385. The maximum Gasteiger partial charge on any atom is 0.317 e. The number of benzene rings is 2. The molecule has 2 aliphatic rings. The number of non-ortho nitro benzene ring substituents is 1. The Labute approximate surface area is 199 Å². The summed E-state index contributed by atoms with van der Waals surface area (Å²) in [6, 6.07) is 12.9. The molecule has 4 rings (SSSR count). The van der Waals surface area contributed by atoms with E-state index in [2.05, 4.69) is 16.3 Å². The predicted molar refractivity (Wildman–Crippen MR) is 127 cm³/mol. The molecule has 2 saturated heterocycles. The summed E-state index contributed by atoms with van der Waals surface area (Å²) in [6.45, 7) is 4.24. The lowest BCUT2D eigenvalue weighted by atomic mass is 10.1. The Hall–Kier alpha value is -3.02. The van der Waals surface area contributed by atoms with E-state index in [1.807, 2.05) is 18.2 Å². The van der Waals surface area contributed by atoms with E-state index in [0.29, 0.717) is 6.54 Å². The van der Waals surface area contributed by atoms with Gasteiger partial charge in [0.1, 0.15) is 0 Å². The number of nitro benzene ring substituents is 1. The zero-order chi connectivity index (χ0) is 24.1. The number of rotatable bonds is 7. The van der Waals surface area contributed by atoms with Gasteiger partial charge in [0.05, 0.1) is 9.82 Å². The number of likely N-dealkylation sites (tertiary alicyclic amines) is 1. The van der Waals surface area contributed by atoms with Crippen LogP contribution in [-0.4, -0.2) is 72.7 Å². The van der Waals surface area contributed by atoms with Crippen LogP contribution in [0.4, 0.5) is 10.5 Å². The van der Waals surface area contributed by atoms with Crippen molar-refractivity contribution < 1.29 is 18.1 Å². The van der Waals surface area contributed by atoms with Gasteiger partial charge in [0.25, 0.3) is 5.69 Å². The van der Waals surface area contributed by atoms with Crippen LogP contribution in [0.2, 0.25) is 0 Å². The largest absolute Gasteiger partial charge is 0.334 e. The predicted octanol–water partition coefficient (Wildman–Crippen LogP) is 2.41. The fourth-order valence-corrected chi connectivity index (χ4v) is 5.85. The Morgan fingerprint density at radius 1 is 0.941 bits per heavy atom. The lowest BCUT2D eigenvalue weighted by Crippen LogP contribution is -2.53. The first-order valence-corrected chi connectivity index (χ1v) is 12.8. The molecule has 10 nitrogen and oxygen atoms in total. The monoisotopic (exact) mass is 487 g/mol. The first-order chi connectivity index (χ1) is 16.3. The van der Waals surface area contributed by atoms with Crippen LogP contribution >= 0.6 is 0 Å². The van der Waals surface area contributed by atoms with Crippen LogP contribution in [0.25, 0.3) is 0 Å². The van der Waals surface area contributed by atoms with Crippen LogP contribution in [0.3, 0.4) is 0 Å². The first-order valence-electron chi connectivity index (χ1n) is 11.4. The van der Waals surface area contributed by atoms with E-state index in [4.69, 9.17) is 0 Å². The molecule has 2 aromatic carbocycles. The molecule has 11 heteroatoms. The number of nitrogens with one attached hydrogen (secondary N) is 1. The van der Waals surface area contributed by atoms with E-state index in [0.717, 1.165) is 31.3 Å². The van der Waals surface area contributed by atoms with E-state index in [1.54, 1.807) is 4.90 Å². The van der Waals surface area contributed by atoms with Crippen LogP contribution in [0.5, 0.6) is 0 Å². The first kappa shape index (κ1) is 24.1. The quantitative estimate of drug-likeness (QED) is 0.474. The zero-order valence-corrected chi connectivity index (χ0v) is 19.7. The molecule has 0 atom stereocenters. The summed E-state index contributed by atoms with van der Waals surface area (Å²) >= 11 is 0. The molecule has 34 heavy (non-hydrogen) atoms. The van der Waals surface area contributed by atoms with E-state index in [-0.39, 0.29) is 42.8 Å². The Bertz CT molecular complexity index is 1140. The van der Waals surface area contributed by atoms with Crippen LogP contribution in [-0.2, 0) is 23.1 Å². The third kappa shape index (κ3) is 5.54. The highest BCUT2D eigenvalue weighted by atomic mass is 32.2. The average Bonchev–Trinajstić information content (AvgIpc) is 3.36. The minimum atomic E-state index is -3.87. The Morgan fingerprint density at radius 3 is 2.29 bits per heavy atom. The number of amides is 2.